The van der Waals surface area contributed by atoms with Crippen LogP contribution in [0.1, 0.15) is 27.5 Å². The summed E-state index contributed by atoms with van der Waals surface area (Å²) >= 11 is 1.85. The molecule has 0 N–H and O–H groups in total. The van der Waals surface area contributed by atoms with Crippen LogP contribution in [0.25, 0.3) is 0 Å². The number of benzene rings is 2. The van der Waals surface area contributed by atoms with Gasteiger partial charge in [-0.25, -0.2) is 0 Å². The Morgan fingerprint density at radius 3 is 2.52 bits per heavy atom. The summed E-state index contributed by atoms with van der Waals surface area (Å²) in [5.74, 6) is 1.42. The number of hydrogen-bond donors (Lipinski definition) is 0. The summed E-state index contributed by atoms with van der Waals surface area (Å²) in [6.45, 7) is 3.00. The lowest BCUT2D eigenvalue weighted by atomic mass is 9.80. The highest BCUT2D eigenvalue weighted by atomic mass is 32.2. The lowest BCUT2D eigenvalue weighted by Gasteiger charge is -2.32. The molecule has 0 saturated heterocycles. The number of thioether (sulfide) groups is 1. The Kier molecular flexibility index (Phi) is 4.50. The van der Waals surface area contributed by atoms with Gasteiger partial charge in [-0.05, 0) is 36.8 Å². The number of aryl methyl sites for hydroxylation is 1. The third-order valence-corrected chi connectivity index (χ3v) is 6.11. The van der Waals surface area contributed by atoms with Crippen LogP contribution in [-0.4, -0.2) is 16.1 Å². The Hall–Kier alpha value is -2.26. The van der Waals surface area contributed by atoms with Crippen LogP contribution in [-0.2, 0) is 6.54 Å². The highest BCUT2D eigenvalue weighted by Gasteiger charge is 2.36. The Labute approximate surface area is 152 Å². The first-order valence-electron chi connectivity index (χ1n) is 8.66. The minimum absolute atomic E-state index is 0.0541. The number of Topliss-reactive ketones (excluding diaryl/α,β-unsaturated/α-hetero) is 1. The summed E-state index contributed by atoms with van der Waals surface area (Å²) in [6.07, 6.45) is 2.03. The van der Waals surface area contributed by atoms with E-state index in [2.05, 4.69) is 47.9 Å². The lowest BCUT2D eigenvalue weighted by Crippen LogP contribution is -2.34. The summed E-state index contributed by atoms with van der Waals surface area (Å²) in [4.78, 5) is 14.4. The van der Waals surface area contributed by atoms with Crippen molar-refractivity contribution in [3.63, 3.8) is 0 Å². The first kappa shape index (κ1) is 16.2. The first-order valence-corrected chi connectivity index (χ1v) is 9.65. The van der Waals surface area contributed by atoms with E-state index in [0.717, 1.165) is 23.6 Å². The zero-order valence-corrected chi connectivity index (χ0v) is 15.1. The predicted molar refractivity (Wildman–Crippen MR) is 103 cm³/mol. The SMILES string of the molecule is Cc1ccc(SC[C@@H]2Cn3cccc3C(=O)[C@H]2c2ccccc2)cc1. The maximum absolute atomic E-state index is 13.1. The second-order valence-electron chi connectivity index (χ2n) is 6.68. The van der Waals surface area contributed by atoms with Crippen LogP contribution in [0.4, 0.5) is 0 Å². The van der Waals surface area contributed by atoms with Gasteiger partial charge < -0.3 is 4.57 Å². The van der Waals surface area contributed by atoms with Crippen LogP contribution in [0.5, 0.6) is 0 Å². The molecule has 25 heavy (non-hydrogen) atoms. The minimum Gasteiger partial charge on any atom is -0.345 e. The van der Waals surface area contributed by atoms with Crippen LogP contribution in [0.15, 0.2) is 77.8 Å². The molecule has 3 aromatic rings. The molecule has 2 atom stereocenters. The summed E-state index contributed by atoms with van der Waals surface area (Å²) in [5, 5.41) is 0. The van der Waals surface area contributed by atoms with E-state index in [-0.39, 0.29) is 11.7 Å². The van der Waals surface area contributed by atoms with E-state index in [1.165, 1.54) is 10.5 Å². The van der Waals surface area contributed by atoms with Crippen molar-refractivity contribution in [2.45, 2.75) is 24.3 Å². The van der Waals surface area contributed by atoms with Crippen LogP contribution in [0.3, 0.4) is 0 Å². The summed E-state index contributed by atoms with van der Waals surface area (Å²) in [5.41, 5.74) is 3.25. The van der Waals surface area contributed by atoms with E-state index in [1.807, 2.05) is 48.3 Å². The molecule has 0 radical (unpaired) electrons. The van der Waals surface area contributed by atoms with E-state index in [1.54, 1.807) is 0 Å². The molecule has 1 aromatic heterocycles. The fraction of sp³-hybridized carbons (Fsp3) is 0.227. The van der Waals surface area contributed by atoms with Gasteiger partial charge in [-0.1, -0.05) is 48.0 Å². The second-order valence-corrected chi connectivity index (χ2v) is 7.78. The number of carbonyl (C=O) groups excluding carboxylic acids is 1. The fourth-order valence-corrected chi connectivity index (χ4v) is 4.63. The van der Waals surface area contributed by atoms with Gasteiger partial charge in [0.25, 0.3) is 0 Å². The highest BCUT2D eigenvalue weighted by molar-refractivity contribution is 7.99. The normalized spacial score (nSPS) is 19.6. The number of hydrogen-bond acceptors (Lipinski definition) is 2. The Bertz CT molecular complexity index is 867. The molecule has 0 saturated carbocycles. The standard InChI is InChI=1S/C22H21NOS/c1-16-9-11-19(12-10-16)25-15-18-14-23-13-5-8-20(23)22(24)21(18)17-6-3-2-4-7-17/h2-13,18,21H,14-15H2,1H3/t18-,21-/m0/s1. The number of nitrogens with zero attached hydrogens (tertiary/aromatic N) is 1. The molecule has 2 heterocycles. The van der Waals surface area contributed by atoms with Crippen molar-refractivity contribution in [1.82, 2.24) is 4.57 Å². The molecule has 1 aliphatic heterocycles. The van der Waals surface area contributed by atoms with E-state index < -0.39 is 0 Å². The molecule has 0 bridgehead atoms. The predicted octanol–water partition coefficient (Wildman–Crippen LogP) is 5.19. The molecule has 4 rings (SSSR count). The topological polar surface area (TPSA) is 22.0 Å². The molecule has 126 valence electrons. The van der Waals surface area contributed by atoms with Crippen LogP contribution in [0.2, 0.25) is 0 Å². The number of aromatic nitrogens is 1. The lowest BCUT2D eigenvalue weighted by molar-refractivity contribution is 0.0893. The average molecular weight is 347 g/mol. The number of fused-ring (bicyclic) bond motifs is 1. The van der Waals surface area contributed by atoms with Crippen molar-refractivity contribution in [3.8, 4) is 0 Å². The zero-order chi connectivity index (χ0) is 17.2. The largest absolute Gasteiger partial charge is 0.345 e. The molecule has 2 nitrogen and oxygen atoms in total. The third kappa shape index (κ3) is 3.29. The summed E-state index contributed by atoms with van der Waals surface area (Å²) in [6, 6.07) is 22.8. The second kappa shape index (κ2) is 6.93. The molecule has 2 aromatic carbocycles. The van der Waals surface area contributed by atoms with Crippen LogP contribution >= 0.6 is 11.8 Å². The van der Waals surface area contributed by atoms with Gasteiger partial charge in [-0.2, -0.15) is 0 Å². The molecular formula is C22H21NOS. The quantitative estimate of drug-likeness (QED) is 0.606. The monoisotopic (exact) mass is 347 g/mol. The van der Waals surface area contributed by atoms with Gasteiger partial charge in [-0.15, -0.1) is 11.8 Å². The smallest absolute Gasteiger partial charge is 0.187 e. The molecule has 0 spiro atoms. The summed E-state index contributed by atoms with van der Waals surface area (Å²) < 4.78 is 2.11. The molecular weight excluding hydrogens is 326 g/mol. The highest BCUT2D eigenvalue weighted by Crippen LogP contribution is 2.37. The molecule has 0 fully saturated rings. The maximum atomic E-state index is 13.1. The summed E-state index contributed by atoms with van der Waals surface area (Å²) in [7, 11) is 0. The zero-order valence-electron chi connectivity index (χ0n) is 14.3. The maximum Gasteiger partial charge on any atom is 0.187 e. The Balaban J connectivity index is 1.61. The first-order chi connectivity index (χ1) is 12.2. The van der Waals surface area contributed by atoms with Crippen molar-refractivity contribution in [2.24, 2.45) is 5.92 Å². The van der Waals surface area contributed by atoms with Gasteiger partial charge in [0, 0.05) is 29.3 Å². The van der Waals surface area contributed by atoms with Crippen molar-refractivity contribution in [2.75, 3.05) is 5.75 Å². The minimum atomic E-state index is -0.0541. The molecule has 0 amide bonds. The van der Waals surface area contributed by atoms with E-state index in [0.29, 0.717) is 5.92 Å². The van der Waals surface area contributed by atoms with Gasteiger partial charge in [0.15, 0.2) is 5.78 Å². The Morgan fingerprint density at radius 1 is 1.00 bits per heavy atom. The van der Waals surface area contributed by atoms with Crippen molar-refractivity contribution >= 4 is 17.5 Å². The van der Waals surface area contributed by atoms with E-state index >= 15 is 0 Å². The van der Waals surface area contributed by atoms with E-state index in [9.17, 15) is 4.79 Å². The van der Waals surface area contributed by atoms with Crippen molar-refractivity contribution in [3.05, 3.63) is 89.7 Å². The number of carbonyl (C=O) groups is 1. The molecule has 3 heteroatoms. The van der Waals surface area contributed by atoms with Gasteiger partial charge in [0.05, 0.1) is 11.6 Å². The van der Waals surface area contributed by atoms with Crippen molar-refractivity contribution in [1.29, 1.82) is 0 Å². The molecule has 0 unspecified atom stereocenters. The van der Waals surface area contributed by atoms with Crippen molar-refractivity contribution < 1.29 is 4.79 Å². The average Bonchev–Trinajstić information content (AvgIpc) is 3.11. The van der Waals surface area contributed by atoms with Gasteiger partial charge >= 0.3 is 0 Å². The fourth-order valence-electron chi connectivity index (χ4n) is 3.60. The Morgan fingerprint density at radius 2 is 1.76 bits per heavy atom. The van der Waals surface area contributed by atoms with Gasteiger partial charge in [-0.3, -0.25) is 4.79 Å². The van der Waals surface area contributed by atoms with Gasteiger partial charge in [0.2, 0.25) is 0 Å². The molecule has 0 aliphatic carbocycles. The van der Waals surface area contributed by atoms with Crippen LogP contribution < -0.4 is 0 Å². The van der Waals surface area contributed by atoms with Crippen LogP contribution in [0, 0.1) is 12.8 Å². The third-order valence-electron chi connectivity index (χ3n) is 4.91. The van der Waals surface area contributed by atoms with Gasteiger partial charge in [0.1, 0.15) is 0 Å². The van der Waals surface area contributed by atoms with E-state index in [4.69, 9.17) is 0 Å². The number of rotatable bonds is 4. The number of ketones is 1. The molecule has 1 aliphatic rings.